The van der Waals surface area contributed by atoms with Crippen molar-refractivity contribution in [3.05, 3.63) is 48.5 Å². The molecule has 2 rings (SSSR count). The molecule has 0 radical (unpaired) electrons. The standard InChI is InChI=1S/C12H10FNO/c1-14-7-6-11(12(15)8-14)9-2-4-10(13)5-3-9/h2-8H,1H3. The van der Waals surface area contributed by atoms with Crippen LogP contribution >= 0.6 is 0 Å². The molecule has 15 heavy (non-hydrogen) atoms. The van der Waals surface area contributed by atoms with E-state index >= 15 is 0 Å². The van der Waals surface area contributed by atoms with E-state index in [0.717, 1.165) is 5.56 Å². The van der Waals surface area contributed by atoms with Crippen LogP contribution in [-0.2, 0) is 7.05 Å². The summed E-state index contributed by atoms with van der Waals surface area (Å²) in [6, 6.07) is 7.64. The van der Waals surface area contributed by atoms with E-state index in [0.29, 0.717) is 5.56 Å². The molecule has 0 atom stereocenters. The summed E-state index contributed by atoms with van der Waals surface area (Å²) in [5, 5.41) is 11.6. The summed E-state index contributed by atoms with van der Waals surface area (Å²) in [5.41, 5.74) is 1.33. The third kappa shape index (κ3) is 1.96. The highest BCUT2D eigenvalue weighted by Gasteiger charge is 2.02. The molecule has 0 aliphatic rings. The van der Waals surface area contributed by atoms with E-state index in [1.54, 1.807) is 36.0 Å². The highest BCUT2D eigenvalue weighted by atomic mass is 19.1. The number of aryl methyl sites for hydroxylation is 1. The Morgan fingerprint density at radius 1 is 1.13 bits per heavy atom. The number of hydrogen-bond donors (Lipinski definition) is 0. The van der Waals surface area contributed by atoms with Crippen LogP contribution in [0, 0.1) is 5.82 Å². The summed E-state index contributed by atoms with van der Waals surface area (Å²) in [6.45, 7) is 0. The molecule has 3 heteroatoms. The van der Waals surface area contributed by atoms with Crippen molar-refractivity contribution >= 4 is 0 Å². The maximum atomic E-state index is 12.7. The van der Waals surface area contributed by atoms with Crippen molar-refractivity contribution in [1.29, 1.82) is 0 Å². The van der Waals surface area contributed by atoms with E-state index in [2.05, 4.69) is 0 Å². The lowest BCUT2D eigenvalue weighted by atomic mass is 10.1. The lowest BCUT2D eigenvalue weighted by molar-refractivity contribution is -0.673. The average Bonchev–Trinajstić information content (AvgIpc) is 2.20. The zero-order chi connectivity index (χ0) is 10.8. The SMILES string of the molecule is C[n+]1ccc(-c2ccc(F)cc2)c([O-])c1. The van der Waals surface area contributed by atoms with Crippen LogP contribution in [0.15, 0.2) is 42.7 Å². The number of pyridine rings is 1. The molecule has 0 bridgehead atoms. The maximum Gasteiger partial charge on any atom is 0.169 e. The Morgan fingerprint density at radius 3 is 2.40 bits per heavy atom. The third-order valence-corrected chi connectivity index (χ3v) is 2.22. The molecule has 76 valence electrons. The number of hydrogen-bond acceptors (Lipinski definition) is 1. The fourth-order valence-electron chi connectivity index (χ4n) is 1.44. The van der Waals surface area contributed by atoms with E-state index in [4.69, 9.17) is 0 Å². The first-order chi connectivity index (χ1) is 7.16. The summed E-state index contributed by atoms with van der Waals surface area (Å²) < 4.78 is 14.4. The number of aromatic nitrogens is 1. The Balaban J connectivity index is 2.49. The van der Waals surface area contributed by atoms with Gasteiger partial charge in [-0.3, -0.25) is 0 Å². The number of nitrogens with zero attached hydrogens (tertiary/aromatic N) is 1. The minimum Gasteiger partial charge on any atom is -0.868 e. The van der Waals surface area contributed by atoms with Crippen molar-refractivity contribution in [1.82, 2.24) is 0 Å². The van der Waals surface area contributed by atoms with Crippen LogP contribution in [0.3, 0.4) is 0 Å². The molecule has 2 aromatic rings. The third-order valence-electron chi connectivity index (χ3n) is 2.22. The summed E-state index contributed by atoms with van der Waals surface area (Å²) in [4.78, 5) is 0. The van der Waals surface area contributed by atoms with Gasteiger partial charge in [-0.25, -0.2) is 8.96 Å². The van der Waals surface area contributed by atoms with Gasteiger partial charge in [-0.15, -0.1) is 0 Å². The van der Waals surface area contributed by atoms with Crippen LogP contribution in [-0.4, -0.2) is 0 Å². The van der Waals surface area contributed by atoms with E-state index < -0.39 is 0 Å². The first-order valence-electron chi connectivity index (χ1n) is 4.59. The van der Waals surface area contributed by atoms with Crippen molar-refractivity contribution < 1.29 is 14.1 Å². The van der Waals surface area contributed by atoms with E-state index in [9.17, 15) is 9.50 Å². The topological polar surface area (TPSA) is 26.9 Å². The Labute approximate surface area is 87.2 Å². The second-order valence-electron chi connectivity index (χ2n) is 3.40. The van der Waals surface area contributed by atoms with Gasteiger partial charge < -0.3 is 5.11 Å². The Hall–Kier alpha value is -1.90. The van der Waals surface area contributed by atoms with Gasteiger partial charge in [0, 0.05) is 6.07 Å². The Bertz CT molecular complexity index is 479. The monoisotopic (exact) mass is 203 g/mol. The molecule has 0 aliphatic heterocycles. The molecule has 0 saturated carbocycles. The van der Waals surface area contributed by atoms with Gasteiger partial charge in [-0.1, -0.05) is 12.1 Å². The van der Waals surface area contributed by atoms with Crippen molar-refractivity contribution in [2.45, 2.75) is 0 Å². The average molecular weight is 203 g/mol. The summed E-state index contributed by atoms with van der Waals surface area (Å²) in [7, 11) is 1.79. The van der Waals surface area contributed by atoms with E-state index in [1.807, 2.05) is 0 Å². The minimum absolute atomic E-state index is 0.0633. The van der Waals surface area contributed by atoms with Crippen LogP contribution in [0.25, 0.3) is 11.1 Å². The molecule has 2 nitrogen and oxygen atoms in total. The number of rotatable bonds is 1. The van der Waals surface area contributed by atoms with Crippen molar-refractivity contribution in [2.24, 2.45) is 7.05 Å². The molecule has 0 fully saturated rings. The van der Waals surface area contributed by atoms with Gasteiger partial charge in [0.2, 0.25) is 0 Å². The van der Waals surface area contributed by atoms with E-state index in [-0.39, 0.29) is 11.6 Å². The zero-order valence-electron chi connectivity index (χ0n) is 8.27. The van der Waals surface area contributed by atoms with Crippen LogP contribution in [0.4, 0.5) is 4.39 Å². The van der Waals surface area contributed by atoms with Crippen molar-refractivity contribution in [3.63, 3.8) is 0 Å². The molecule has 0 unspecified atom stereocenters. The molecular weight excluding hydrogens is 193 g/mol. The Morgan fingerprint density at radius 2 is 1.80 bits per heavy atom. The van der Waals surface area contributed by atoms with Gasteiger partial charge in [0.25, 0.3) is 0 Å². The molecule has 0 N–H and O–H groups in total. The number of halogens is 1. The lowest BCUT2D eigenvalue weighted by Gasteiger charge is -2.10. The lowest BCUT2D eigenvalue weighted by Crippen LogP contribution is -2.27. The van der Waals surface area contributed by atoms with Gasteiger partial charge >= 0.3 is 0 Å². The van der Waals surface area contributed by atoms with Gasteiger partial charge in [-0.2, -0.15) is 0 Å². The molecule has 1 aromatic heterocycles. The van der Waals surface area contributed by atoms with Gasteiger partial charge in [0.05, 0.1) is 0 Å². The minimum atomic E-state index is -0.298. The number of benzene rings is 1. The maximum absolute atomic E-state index is 12.7. The fourth-order valence-corrected chi connectivity index (χ4v) is 1.44. The smallest absolute Gasteiger partial charge is 0.169 e. The van der Waals surface area contributed by atoms with Crippen LogP contribution in [0.2, 0.25) is 0 Å². The highest BCUT2D eigenvalue weighted by molar-refractivity contribution is 5.68. The van der Waals surface area contributed by atoms with Gasteiger partial charge in [-0.05, 0) is 29.0 Å². The largest absolute Gasteiger partial charge is 0.868 e. The normalized spacial score (nSPS) is 10.3. The predicted molar refractivity (Wildman–Crippen MR) is 52.5 cm³/mol. The summed E-state index contributed by atoms with van der Waals surface area (Å²) in [6.07, 6.45) is 3.29. The van der Waals surface area contributed by atoms with Crippen molar-refractivity contribution in [3.8, 4) is 16.9 Å². The molecule has 1 aromatic carbocycles. The van der Waals surface area contributed by atoms with Crippen LogP contribution in [0.5, 0.6) is 5.75 Å². The van der Waals surface area contributed by atoms with Crippen LogP contribution < -0.4 is 9.67 Å². The Kier molecular flexibility index (Phi) is 2.37. The first kappa shape index (κ1) is 9.65. The van der Waals surface area contributed by atoms with Gasteiger partial charge in [0.15, 0.2) is 12.4 Å². The zero-order valence-corrected chi connectivity index (χ0v) is 8.27. The molecule has 0 amide bonds. The molecule has 0 spiro atoms. The quantitative estimate of drug-likeness (QED) is 0.643. The van der Waals surface area contributed by atoms with Gasteiger partial charge in [0.1, 0.15) is 12.9 Å². The predicted octanol–water partition coefficient (Wildman–Crippen LogP) is 1.39. The van der Waals surface area contributed by atoms with Crippen LogP contribution in [0.1, 0.15) is 0 Å². The molecule has 1 heterocycles. The highest BCUT2D eigenvalue weighted by Crippen LogP contribution is 2.24. The molecule has 0 aliphatic carbocycles. The fraction of sp³-hybridized carbons (Fsp3) is 0.0833. The summed E-state index contributed by atoms with van der Waals surface area (Å²) >= 11 is 0. The molecular formula is C12H10FNO. The second-order valence-corrected chi connectivity index (χ2v) is 3.40. The first-order valence-corrected chi connectivity index (χ1v) is 4.59. The van der Waals surface area contributed by atoms with Crippen molar-refractivity contribution in [2.75, 3.05) is 0 Å². The second kappa shape index (κ2) is 3.69. The van der Waals surface area contributed by atoms with E-state index in [1.165, 1.54) is 18.3 Å². The molecule has 0 saturated heterocycles. The summed E-state index contributed by atoms with van der Waals surface area (Å²) in [5.74, 6) is -0.362.